The highest BCUT2D eigenvalue weighted by atomic mass is 19.4. The van der Waals surface area contributed by atoms with Crippen molar-refractivity contribution in [1.29, 1.82) is 0 Å². The molecule has 0 spiro atoms. The Balaban J connectivity index is 1.40. The number of nitrogens with one attached hydrogen (secondary N) is 1. The lowest BCUT2D eigenvalue weighted by atomic mass is 10.0. The quantitative estimate of drug-likeness (QED) is 0.748. The molecule has 2 aliphatic rings. The van der Waals surface area contributed by atoms with Gasteiger partial charge in [-0.05, 0) is 31.4 Å². The van der Waals surface area contributed by atoms with E-state index < -0.39 is 12.1 Å². The standard InChI is InChI=1S/C19H20F3N3O4/c20-19(21,22)18(29)24-10-7-12(8-11-24)23-15(26)6-3-9-25-16(27)13-4-1-2-5-14(13)17(25)28/h1-2,4-5,12H,3,6-11H2,(H,23,26). The van der Waals surface area contributed by atoms with E-state index in [0.29, 0.717) is 11.1 Å². The number of carbonyl (C=O) groups excluding carboxylic acids is 4. The van der Waals surface area contributed by atoms with Crippen LogP contribution in [0, 0.1) is 0 Å². The summed E-state index contributed by atoms with van der Waals surface area (Å²) in [5, 5.41) is 2.74. The number of benzene rings is 1. The summed E-state index contributed by atoms with van der Waals surface area (Å²) in [6.45, 7) is -0.0328. The molecule has 0 aromatic heterocycles. The van der Waals surface area contributed by atoms with Crippen LogP contribution in [0.25, 0.3) is 0 Å². The lowest BCUT2D eigenvalue weighted by molar-refractivity contribution is -0.186. The van der Waals surface area contributed by atoms with Crippen molar-refractivity contribution in [3.8, 4) is 0 Å². The minimum atomic E-state index is -4.89. The maximum Gasteiger partial charge on any atom is 0.471 e. The monoisotopic (exact) mass is 411 g/mol. The third-order valence-electron chi connectivity index (χ3n) is 5.05. The second kappa shape index (κ2) is 8.22. The van der Waals surface area contributed by atoms with Crippen LogP contribution < -0.4 is 5.32 Å². The van der Waals surface area contributed by atoms with E-state index >= 15 is 0 Å². The molecule has 0 bridgehead atoms. The second-order valence-corrected chi connectivity index (χ2v) is 7.04. The smallest absolute Gasteiger partial charge is 0.353 e. The van der Waals surface area contributed by atoms with Gasteiger partial charge < -0.3 is 10.2 Å². The van der Waals surface area contributed by atoms with Gasteiger partial charge in [-0.25, -0.2) is 0 Å². The molecule has 1 fully saturated rings. The van der Waals surface area contributed by atoms with Gasteiger partial charge in [0.05, 0.1) is 11.1 Å². The van der Waals surface area contributed by atoms with Gasteiger partial charge >= 0.3 is 12.1 Å². The number of imide groups is 1. The lowest BCUT2D eigenvalue weighted by Crippen LogP contribution is -2.50. The number of amides is 4. The maximum atomic E-state index is 12.4. The van der Waals surface area contributed by atoms with Gasteiger partial charge in [-0.3, -0.25) is 24.1 Å². The fourth-order valence-electron chi connectivity index (χ4n) is 3.55. The molecule has 0 saturated carbocycles. The van der Waals surface area contributed by atoms with Gasteiger partial charge in [-0.1, -0.05) is 12.1 Å². The van der Waals surface area contributed by atoms with Crippen LogP contribution in [0.5, 0.6) is 0 Å². The number of piperidine rings is 1. The second-order valence-electron chi connectivity index (χ2n) is 7.04. The fourth-order valence-corrected chi connectivity index (χ4v) is 3.55. The van der Waals surface area contributed by atoms with Crippen molar-refractivity contribution >= 4 is 23.6 Å². The zero-order valence-electron chi connectivity index (χ0n) is 15.5. The predicted octanol–water partition coefficient (Wildman–Crippen LogP) is 1.73. The van der Waals surface area contributed by atoms with Gasteiger partial charge in [0.15, 0.2) is 0 Å². The number of nitrogens with zero attached hydrogens (tertiary/aromatic N) is 2. The number of fused-ring (bicyclic) bond motifs is 1. The molecule has 0 radical (unpaired) electrons. The highest BCUT2D eigenvalue weighted by molar-refractivity contribution is 6.21. The first-order valence-electron chi connectivity index (χ1n) is 9.29. The van der Waals surface area contributed by atoms with Crippen LogP contribution in [0.4, 0.5) is 13.2 Å². The first-order chi connectivity index (χ1) is 13.7. The molecule has 0 aliphatic carbocycles. The predicted molar refractivity (Wildman–Crippen MR) is 94.8 cm³/mol. The number of halogens is 3. The number of hydrogen-bond donors (Lipinski definition) is 1. The van der Waals surface area contributed by atoms with Crippen molar-refractivity contribution in [1.82, 2.24) is 15.1 Å². The third-order valence-corrected chi connectivity index (χ3v) is 5.05. The molecular weight excluding hydrogens is 391 g/mol. The Bertz CT molecular complexity index is 797. The van der Waals surface area contributed by atoms with E-state index in [9.17, 15) is 32.3 Å². The Morgan fingerprint density at radius 2 is 1.59 bits per heavy atom. The minimum absolute atomic E-state index is 0.0711. The molecule has 10 heteroatoms. The highest BCUT2D eigenvalue weighted by Gasteiger charge is 2.43. The summed E-state index contributed by atoms with van der Waals surface area (Å²) in [7, 11) is 0. The number of likely N-dealkylation sites (tertiary alicyclic amines) is 1. The average molecular weight is 411 g/mol. The first kappa shape index (κ1) is 20.8. The Kier molecular flexibility index (Phi) is 5.90. The van der Waals surface area contributed by atoms with Gasteiger partial charge in [0.2, 0.25) is 5.91 Å². The van der Waals surface area contributed by atoms with Crippen LogP contribution in [0.1, 0.15) is 46.4 Å². The van der Waals surface area contributed by atoms with Gasteiger partial charge in [0.1, 0.15) is 0 Å². The molecular formula is C19H20F3N3O4. The highest BCUT2D eigenvalue weighted by Crippen LogP contribution is 2.23. The minimum Gasteiger partial charge on any atom is -0.353 e. The van der Waals surface area contributed by atoms with E-state index in [4.69, 9.17) is 0 Å². The van der Waals surface area contributed by atoms with E-state index in [0.717, 1.165) is 9.80 Å². The van der Waals surface area contributed by atoms with E-state index in [-0.39, 0.29) is 69.1 Å². The SMILES string of the molecule is O=C(CCCN1C(=O)c2ccccc2C1=O)NC1CCN(C(=O)C(F)(F)F)CC1. The maximum absolute atomic E-state index is 12.4. The van der Waals surface area contributed by atoms with E-state index in [1.807, 2.05) is 0 Å². The van der Waals surface area contributed by atoms with Crippen molar-refractivity contribution in [2.24, 2.45) is 0 Å². The average Bonchev–Trinajstić information content (AvgIpc) is 2.92. The van der Waals surface area contributed by atoms with Crippen molar-refractivity contribution in [3.63, 3.8) is 0 Å². The molecule has 29 heavy (non-hydrogen) atoms. The summed E-state index contributed by atoms with van der Waals surface area (Å²) >= 11 is 0. The lowest BCUT2D eigenvalue weighted by Gasteiger charge is -2.32. The number of rotatable bonds is 5. The summed E-state index contributed by atoms with van der Waals surface area (Å²) < 4.78 is 37.3. The number of alkyl halides is 3. The Morgan fingerprint density at radius 3 is 2.10 bits per heavy atom. The summed E-state index contributed by atoms with van der Waals surface area (Å²) in [6, 6.07) is 6.21. The normalized spacial score (nSPS) is 17.5. The van der Waals surface area contributed by atoms with Gasteiger partial charge in [-0.15, -0.1) is 0 Å². The molecule has 0 atom stereocenters. The Hall–Kier alpha value is -2.91. The molecule has 1 saturated heterocycles. The largest absolute Gasteiger partial charge is 0.471 e. The third kappa shape index (κ3) is 4.57. The number of carbonyl (C=O) groups is 4. The molecule has 1 aromatic rings. The Morgan fingerprint density at radius 1 is 1.03 bits per heavy atom. The van der Waals surface area contributed by atoms with Crippen molar-refractivity contribution in [2.75, 3.05) is 19.6 Å². The van der Waals surface area contributed by atoms with Crippen LogP contribution in [-0.2, 0) is 9.59 Å². The molecule has 4 amide bonds. The molecule has 7 nitrogen and oxygen atoms in total. The van der Waals surface area contributed by atoms with E-state index in [1.165, 1.54) is 0 Å². The molecule has 0 unspecified atom stereocenters. The Labute approximate surface area is 164 Å². The topological polar surface area (TPSA) is 86.8 Å². The molecule has 2 heterocycles. The number of hydrogen-bond acceptors (Lipinski definition) is 4. The molecule has 156 valence electrons. The van der Waals surface area contributed by atoms with Gasteiger partial charge in [0.25, 0.3) is 11.8 Å². The van der Waals surface area contributed by atoms with E-state index in [2.05, 4.69) is 5.32 Å². The zero-order chi connectivity index (χ0) is 21.2. The van der Waals surface area contributed by atoms with Crippen LogP contribution in [0.2, 0.25) is 0 Å². The van der Waals surface area contributed by atoms with Crippen LogP contribution in [0.3, 0.4) is 0 Å². The van der Waals surface area contributed by atoms with Crippen LogP contribution >= 0.6 is 0 Å². The summed E-state index contributed by atoms with van der Waals surface area (Å²) in [5.74, 6) is -2.93. The summed E-state index contributed by atoms with van der Waals surface area (Å²) in [6.07, 6.45) is -4.05. The van der Waals surface area contributed by atoms with Gasteiger partial charge in [-0.2, -0.15) is 13.2 Å². The van der Waals surface area contributed by atoms with E-state index in [1.54, 1.807) is 24.3 Å². The first-order valence-corrected chi connectivity index (χ1v) is 9.29. The summed E-state index contributed by atoms with van der Waals surface area (Å²) in [5.41, 5.74) is 0.698. The molecule has 2 aliphatic heterocycles. The van der Waals surface area contributed by atoms with Crippen molar-refractivity contribution in [2.45, 2.75) is 37.9 Å². The van der Waals surface area contributed by atoms with Crippen molar-refractivity contribution < 1.29 is 32.3 Å². The summed E-state index contributed by atoms with van der Waals surface area (Å²) in [4.78, 5) is 49.6. The van der Waals surface area contributed by atoms with Crippen LogP contribution in [0.15, 0.2) is 24.3 Å². The fraction of sp³-hybridized carbons (Fsp3) is 0.474. The van der Waals surface area contributed by atoms with Gasteiger partial charge in [0, 0.05) is 32.1 Å². The molecule has 1 N–H and O–H groups in total. The van der Waals surface area contributed by atoms with Crippen molar-refractivity contribution in [3.05, 3.63) is 35.4 Å². The zero-order valence-corrected chi connectivity index (χ0v) is 15.5. The molecule has 3 rings (SSSR count). The molecule has 1 aromatic carbocycles. The van der Waals surface area contributed by atoms with Crippen LogP contribution in [-0.4, -0.2) is 65.3 Å².